The van der Waals surface area contributed by atoms with Crippen LogP contribution in [0, 0.1) is 47.3 Å². The van der Waals surface area contributed by atoms with E-state index in [9.17, 15) is 20.0 Å². The van der Waals surface area contributed by atoms with Gasteiger partial charge in [0.2, 0.25) is 5.88 Å². The van der Waals surface area contributed by atoms with Crippen LogP contribution >= 0.6 is 0 Å². The van der Waals surface area contributed by atoms with E-state index in [2.05, 4.69) is 83.0 Å². The number of hydrogen-bond acceptors (Lipinski definition) is 7. The Morgan fingerprint density at radius 1 is 1.08 bits per heavy atom. The minimum absolute atomic E-state index is 0.00441. The minimum Gasteiger partial charge on any atom is -0.493 e. The Balaban J connectivity index is 1.32. The molecule has 0 bridgehead atoms. The van der Waals surface area contributed by atoms with Crippen LogP contribution in [0.15, 0.2) is 57.5 Å². The molecule has 3 aromatic rings. The lowest BCUT2D eigenvalue weighted by molar-refractivity contribution is -0.0173. The quantitative estimate of drug-likeness (QED) is 0.185. The molecule has 3 aliphatic rings. The number of carbonyl (C=O) groups excluding carboxylic acids is 1. The normalized spacial score (nSPS) is 27.3. The molecule has 2 fully saturated rings. The number of pyridine rings is 1. The number of rotatable bonds is 8. The predicted octanol–water partition coefficient (Wildman–Crippen LogP) is 10.6. The molecule has 0 amide bonds. The van der Waals surface area contributed by atoms with Crippen LogP contribution in [0.2, 0.25) is 0 Å². The van der Waals surface area contributed by atoms with E-state index in [0.29, 0.717) is 23.7 Å². The Bertz CT molecular complexity index is 1970. The monoisotopic (exact) mass is 704 g/mol. The van der Waals surface area contributed by atoms with Crippen LogP contribution in [0.1, 0.15) is 138 Å². The van der Waals surface area contributed by atoms with Crippen molar-refractivity contribution in [2.45, 2.75) is 131 Å². The Hall–Kier alpha value is -4.25. The number of aromatic hydroxyl groups is 1. The van der Waals surface area contributed by atoms with E-state index in [0.717, 1.165) is 51.4 Å². The van der Waals surface area contributed by atoms with Gasteiger partial charge in [-0.25, -0.2) is 4.79 Å². The highest BCUT2D eigenvalue weighted by molar-refractivity contribution is 5.94. The third-order valence-corrected chi connectivity index (χ3v) is 13.1. The van der Waals surface area contributed by atoms with E-state index in [1.807, 2.05) is 0 Å². The molecule has 6 unspecified atom stereocenters. The van der Waals surface area contributed by atoms with E-state index in [-0.39, 0.29) is 63.3 Å². The molecule has 2 aromatic carbocycles. The highest BCUT2D eigenvalue weighted by atomic mass is 16.5. The van der Waals surface area contributed by atoms with E-state index in [4.69, 9.17) is 4.74 Å². The Kier molecular flexibility index (Phi) is 10.6. The first-order valence-electron chi connectivity index (χ1n) is 19.4. The molecule has 6 rings (SSSR count). The predicted molar refractivity (Wildman–Crippen MR) is 205 cm³/mol. The second-order valence-electron chi connectivity index (χ2n) is 17.2. The average Bonchev–Trinajstić information content (AvgIpc) is 3.10. The first-order valence-corrected chi connectivity index (χ1v) is 19.4. The number of nitriles is 1. The van der Waals surface area contributed by atoms with Crippen LogP contribution < -0.4 is 5.56 Å². The van der Waals surface area contributed by atoms with Gasteiger partial charge in [0.1, 0.15) is 23.4 Å². The summed E-state index contributed by atoms with van der Waals surface area (Å²) < 4.78 is 7.48. The molecule has 1 heterocycles. The van der Waals surface area contributed by atoms with Gasteiger partial charge in [-0.2, -0.15) is 5.26 Å². The molecule has 2 saturated carbocycles. The Morgan fingerprint density at radius 2 is 1.83 bits per heavy atom. The summed E-state index contributed by atoms with van der Waals surface area (Å²) in [6.45, 7) is 17.5. The van der Waals surface area contributed by atoms with E-state index in [1.165, 1.54) is 21.3 Å². The minimum atomic E-state index is -0.500. The van der Waals surface area contributed by atoms with Crippen LogP contribution in [0.3, 0.4) is 0 Å². The third-order valence-electron chi connectivity index (χ3n) is 13.1. The summed E-state index contributed by atoms with van der Waals surface area (Å²) in [5, 5.41) is 30.5. The summed E-state index contributed by atoms with van der Waals surface area (Å²) in [5.41, 5.74) is 4.11. The zero-order chi connectivity index (χ0) is 37.5. The SMILES string of the molecule is Cc1c(C#N)c(O)n(CC2(C)CCCC3(C)c4ccc(C(C)C)cc4CCC23)c(=O)c1N=Nc1ccccc1C(=O)OC1CC(C)CCC1C(C)C. The molecule has 52 heavy (non-hydrogen) atoms. The summed E-state index contributed by atoms with van der Waals surface area (Å²) in [5.74, 6) is 1.12. The lowest BCUT2D eigenvalue weighted by atomic mass is 9.49. The Labute approximate surface area is 309 Å². The average molecular weight is 705 g/mol. The van der Waals surface area contributed by atoms with Gasteiger partial charge in [-0.3, -0.25) is 9.36 Å². The molecule has 276 valence electrons. The van der Waals surface area contributed by atoms with Gasteiger partial charge < -0.3 is 9.84 Å². The second kappa shape index (κ2) is 14.6. The summed E-state index contributed by atoms with van der Waals surface area (Å²) in [6, 6.07) is 16.0. The van der Waals surface area contributed by atoms with E-state index < -0.39 is 11.5 Å². The zero-order valence-corrected chi connectivity index (χ0v) is 32.3. The second-order valence-corrected chi connectivity index (χ2v) is 17.2. The number of carbonyl (C=O) groups is 1. The van der Waals surface area contributed by atoms with Crippen molar-refractivity contribution < 1.29 is 14.6 Å². The number of hydrogen-bond donors (Lipinski definition) is 1. The number of azo groups is 1. The van der Waals surface area contributed by atoms with Crippen molar-refractivity contribution in [3.8, 4) is 11.9 Å². The van der Waals surface area contributed by atoms with Crippen molar-refractivity contribution in [3.05, 3.63) is 86.2 Å². The molecule has 0 saturated heterocycles. The number of aromatic nitrogens is 1. The standard InChI is InChI=1S/C44H56N4O4/c1-26(2)30-15-18-35-31(23-30)16-19-38-43(7,20-11-21-44(35,38)8)25-48-40(49)34(24-45)29(6)39(41(48)50)47-46-36-13-10-9-12-33(36)42(51)52-37-22-28(5)14-17-32(37)27(3)4/h9-10,12-13,15,18,23,26-28,32,37-38,49H,11,14,16-17,19-22,25H2,1-8H3. The molecule has 3 aliphatic carbocycles. The van der Waals surface area contributed by atoms with Gasteiger partial charge in [0, 0.05) is 12.1 Å². The van der Waals surface area contributed by atoms with Crippen molar-refractivity contribution in [2.24, 2.45) is 39.3 Å². The van der Waals surface area contributed by atoms with Gasteiger partial charge in [0.15, 0.2) is 5.69 Å². The van der Waals surface area contributed by atoms with Crippen molar-refractivity contribution in [3.63, 3.8) is 0 Å². The van der Waals surface area contributed by atoms with Crippen molar-refractivity contribution in [2.75, 3.05) is 0 Å². The van der Waals surface area contributed by atoms with Gasteiger partial charge in [-0.15, -0.1) is 10.2 Å². The fourth-order valence-electron chi connectivity index (χ4n) is 10.0. The fraction of sp³-hybridized carbons (Fsp3) is 0.568. The molecular formula is C44H56N4O4. The summed E-state index contributed by atoms with van der Waals surface area (Å²) in [4.78, 5) is 27.9. The molecule has 1 N–H and O–H groups in total. The Morgan fingerprint density at radius 3 is 2.54 bits per heavy atom. The maximum absolute atomic E-state index is 14.3. The number of aryl methyl sites for hydroxylation is 1. The molecular weight excluding hydrogens is 649 g/mol. The highest BCUT2D eigenvalue weighted by Crippen LogP contribution is 2.58. The number of nitrogens with zero attached hydrogens (tertiary/aromatic N) is 4. The van der Waals surface area contributed by atoms with E-state index >= 15 is 0 Å². The largest absolute Gasteiger partial charge is 0.493 e. The summed E-state index contributed by atoms with van der Waals surface area (Å²) in [7, 11) is 0. The lowest BCUT2D eigenvalue weighted by Crippen LogP contribution is -2.51. The fourth-order valence-corrected chi connectivity index (χ4v) is 10.0. The maximum atomic E-state index is 14.3. The van der Waals surface area contributed by atoms with Gasteiger partial charge in [-0.1, -0.05) is 91.6 Å². The van der Waals surface area contributed by atoms with Crippen molar-refractivity contribution >= 4 is 17.3 Å². The highest BCUT2D eigenvalue weighted by Gasteiger charge is 2.52. The van der Waals surface area contributed by atoms with Crippen LogP contribution in [0.5, 0.6) is 5.88 Å². The van der Waals surface area contributed by atoms with Gasteiger partial charge in [-0.05, 0) is 115 Å². The van der Waals surface area contributed by atoms with Crippen molar-refractivity contribution in [1.82, 2.24) is 4.57 Å². The number of fused-ring (bicyclic) bond motifs is 3. The molecule has 8 nitrogen and oxygen atoms in total. The zero-order valence-electron chi connectivity index (χ0n) is 32.3. The molecule has 1 aromatic heterocycles. The van der Waals surface area contributed by atoms with Crippen LogP contribution in [-0.2, 0) is 23.1 Å². The molecule has 0 radical (unpaired) electrons. The van der Waals surface area contributed by atoms with Crippen LogP contribution in [0.4, 0.5) is 11.4 Å². The van der Waals surface area contributed by atoms with Gasteiger partial charge in [0.05, 0.1) is 5.56 Å². The topological polar surface area (TPSA) is 117 Å². The third kappa shape index (κ3) is 6.84. The molecule has 6 atom stereocenters. The van der Waals surface area contributed by atoms with Crippen molar-refractivity contribution in [1.29, 1.82) is 5.26 Å². The summed E-state index contributed by atoms with van der Waals surface area (Å²) >= 11 is 0. The number of esters is 1. The van der Waals surface area contributed by atoms with Gasteiger partial charge >= 0.3 is 5.97 Å². The summed E-state index contributed by atoms with van der Waals surface area (Å²) in [6.07, 6.45) is 7.73. The molecule has 0 spiro atoms. The first-order chi connectivity index (χ1) is 24.7. The maximum Gasteiger partial charge on any atom is 0.340 e. The number of benzene rings is 2. The van der Waals surface area contributed by atoms with Crippen LogP contribution in [0.25, 0.3) is 0 Å². The number of ether oxygens (including phenoxy) is 1. The lowest BCUT2D eigenvalue weighted by Gasteiger charge is -2.55. The first kappa shape index (κ1) is 37.5. The smallest absolute Gasteiger partial charge is 0.340 e. The van der Waals surface area contributed by atoms with Crippen LogP contribution in [-0.4, -0.2) is 21.7 Å². The molecule has 0 aliphatic heterocycles. The molecule has 8 heteroatoms. The van der Waals surface area contributed by atoms with Gasteiger partial charge in [0.25, 0.3) is 5.56 Å². The van der Waals surface area contributed by atoms with E-state index in [1.54, 1.807) is 31.2 Å².